The van der Waals surface area contributed by atoms with Crippen LogP contribution in [0, 0.1) is 66.7 Å². The minimum Gasteiger partial charge on any atom is -0.459 e. The summed E-state index contributed by atoms with van der Waals surface area (Å²) in [6.07, 6.45) is -13.2. The molecule has 2 saturated heterocycles. The number of rotatable bonds is 5. The Hall–Kier alpha value is -0.118. The van der Waals surface area contributed by atoms with Crippen molar-refractivity contribution in [1.82, 2.24) is 0 Å². The third kappa shape index (κ3) is 5.12. The zero-order valence-corrected chi connectivity index (χ0v) is 30.2. The normalized spacial score (nSPS) is 49.8. The standard InChI is InChI=1S/C29H44O14.Ac/c1-11-13(31)7-29(39)12(2)23-27(5,24(37)20(34)18(11)26(29,3)4)15(6-16-28(23,38)10-41-16)43-17(32)9-40-25-22(36)21(35)19(33)14(8-30)42-25;/h12-16,19-23,25,30-31,33-36,38-39H,6-10H2,1-5H3;/t12-,13?,14?,15?,16?,19?,20?,21?,22?,23?,25?,27+,28?,29?;/m0./s1. The van der Waals surface area contributed by atoms with Crippen LogP contribution in [0.3, 0.4) is 0 Å². The summed E-state index contributed by atoms with van der Waals surface area (Å²) in [6.45, 7) is 6.50. The molecule has 15 heteroatoms. The summed E-state index contributed by atoms with van der Waals surface area (Å²) in [5.41, 5.74) is -5.66. The molecule has 4 fully saturated rings. The third-order valence-corrected chi connectivity index (χ3v) is 11.3. The predicted molar refractivity (Wildman–Crippen MR) is 143 cm³/mol. The van der Waals surface area contributed by atoms with E-state index in [9.17, 15) is 50.4 Å². The van der Waals surface area contributed by atoms with Gasteiger partial charge < -0.3 is 59.8 Å². The van der Waals surface area contributed by atoms with Crippen LogP contribution in [0.2, 0.25) is 0 Å². The zero-order chi connectivity index (χ0) is 32.0. The van der Waals surface area contributed by atoms with Gasteiger partial charge in [-0.3, -0.25) is 4.79 Å². The van der Waals surface area contributed by atoms with Crippen molar-refractivity contribution in [3.63, 3.8) is 0 Å². The molecular formula is C29H44AcO14. The van der Waals surface area contributed by atoms with E-state index in [1.165, 1.54) is 6.92 Å². The van der Waals surface area contributed by atoms with Crippen molar-refractivity contribution in [2.75, 3.05) is 19.8 Å². The second-order valence-electron chi connectivity index (χ2n) is 13.7. The Bertz CT molecular complexity index is 1180. The molecular weight excluding hydrogens is 799 g/mol. The number of Topliss-reactive ketones (excluding diaryl/α,β-unsaturated/α-hetero) is 1. The first-order chi connectivity index (χ1) is 19.9. The van der Waals surface area contributed by atoms with Crippen LogP contribution >= 0.6 is 0 Å². The van der Waals surface area contributed by atoms with E-state index in [0.717, 1.165) is 0 Å². The summed E-state index contributed by atoms with van der Waals surface area (Å²) in [5.74, 6) is -3.68. The molecule has 14 nitrogen and oxygen atoms in total. The Kier molecular flexibility index (Phi) is 10.3. The van der Waals surface area contributed by atoms with E-state index in [2.05, 4.69) is 0 Å². The Morgan fingerprint density at radius 3 is 2.25 bits per heavy atom. The van der Waals surface area contributed by atoms with Gasteiger partial charge >= 0.3 is 5.97 Å². The number of fused-ring (bicyclic) bond motifs is 5. The molecule has 8 N–H and O–H groups in total. The van der Waals surface area contributed by atoms with Crippen LogP contribution in [-0.4, -0.2) is 139 Å². The zero-order valence-electron chi connectivity index (χ0n) is 25.5. The average molecular weight is 844 g/mol. The molecule has 2 heterocycles. The Balaban J connectivity index is 0.00000442. The van der Waals surface area contributed by atoms with Crippen molar-refractivity contribution < 1.29 is 113 Å². The smallest absolute Gasteiger partial charge is 0.332 e. The first-order valence-corrected chi connectivity index (χ1v) is 14.7. The van der Waals surface area contributed by atoms with Crippen molar-refractivity contribution in [3.8, 4) is 0 Å². The molecule has 0 aromatic heterocycles. The molecule has 0 amide bonds. The Morgan fingerprint density at radius 2 is 1.68 bits per heavy atom. The summed E-state index contributed by atoms with van der Waals surface area (Å²) >= 11 is 0. The van der Waals surface area contributed by atoms with Gasteiger partial charge in [-0.2, -0.15) is 0 Å². The van der Waals surface area contributed by atoms with E-state index >= 15 is 0 Å². The van der Waals surface area contributed by atoms with Crippen LogP contribution < -0.4 is 0 Å². The summed E-state index contributed by atoms with van der Waals surface area (Å²) in [5, 5.41) is 86.3. The van der Waals surface area contributed by atoms with E-state index < -0.39 is 114 Å². The van der Waals surface area contributed by atoms with Gasteiger partial charge in [-0.25, -0.2) is 4.79 Å². The molecule has 1 radical (unpaired) electrons. The summed E-state index contributed by atoms with van der Waals surface area (Å²) in [6, 6.07) is 0. The van der Waals surface area contributed by atoms with Crippen LogP contribution in [0.15, 0.2) is 11.1 Å². The average Bonchev–Trinajstić information content (AvgIpc) is 2.94. The van der Waals surface area contributed by atoms with Gasteiger partial charge in [0.05, 0.1) is 36.4 Å². The molecule has 5 rings (SSSR count). The number of carbonyl (C=O) groups excluding carboxylic acids is 2. The van der Waals surface area contributed by atoms with Crippen molar-refractivity contribution >= 4 is 11.8 Å². The van der Waals surface area contributed by atoms with Crippen LogP contribution in [-0.2, 0) is 28.5 Å². The molecule has 0 aromatic rings. The maximum Gasteiger partial charge on any atom is 0.332 e. The van der Waals surface area contributed by atoms with E-state index in [-0.39, 0.29) is 69.1 Å². The van der Waals surface area contributed by atoms with Gasteiger partial charge in [0, 0.05) is 68.2 Å². The third-order valence-electron chi connectivity index (χ3n) is 11.3. The van der Waals surface area contributed by atoms with Gasteiger partial charge in [0.1, 0.15) is 48.8 Å². The summed E-state index contributed by atoms with van der Waals surface area (Å²) in [4.78, 5) is 27.5. The maximum atomic E-state index is 14.4. The minimum atomic E-state index is -1.79. The Labute approximate surface area is 290 Å². The maximum absolute atomic E-state index is 14.4. The SMILES string of the molecule is CC1=C2C(O)C(=O)[C@]3(C)C(OC(=O)COC4OC(CO)C(O)C(O)C4O)CC4OCC4(O)C3[C@H](C)C(O)(CC1O)C2(C)C.[Ac]. The van der Waals surface area contributed by atoms with Crippen LogP contribution in [0.4, 0.5) is 0 Å². The second kappa shape index (κ2) is 12.4. The summed E-state index contributed by atoms with van der Waals surface area (Å²) in [7, 11) is 0. The van der Waals surface area contributed by atoms with Gasteiger partial charge in [0.2, 0.25) is 0 Å². The largest absolute Gasteiger partial charge is 0.459 e. The molecule has 12 unspecified atom stereocenters. The number of ketones is 1. The molecule has 2 bridgehead atoms. The van der Waals surface area contributed by atoms with Crippen LogP contribution in [0.5, 0.6) is 0 Å². The van der Waals surface area contributed by atoms with Gasteiger partial charge in [-0.15, -0.1) is 0 Å². The molecule has 5 aliphatic rings. The number of aliphatic hydroxyl groups excluding tert-OH is 6. The molecule has 44 heavy (non-hydrogen) atoms. The number of hydrogen-bond donors (Lipinski definition) is 8. The van der Waals surface area contributed by atoms with E-state index in [1.54, 1.807) is 27.7 Å². The van der Waals surface area contributed by atoms with Crippen LogP contribution in [0.25, 0.3) is 0 Å². The number of carbonyl (C=O) groups is 2. The topological polar surface area (TPSA) is 233 Å². The van der Waals surface area contributed by atoms with Crippen LogP contribution in [0.1, 0.15) is 47.5 Å². The van der Waals surface area contributed by atoms with Crippen molar-refractivity contribution in [3.05, 3.63) is 11.1 Å². The summed E-state index contributed by atoms with van der Waals surface area (Å²) < 4.78 is 22.0. The van der Waals surface area contributed by atoms with E-state index in [1.807, 2.05) is 0 Å². The quantitative estimate of drug-likeness (QED) is 0.104. The fraction of sp³-hybridized carbons (Fsp3) is 0.862. The van der Waals surface area contributed by atoms with Crippen molar-refractivity contribution in [2.45, 2.75) is 114 Å². The Morgan fingerprint density at radius 1 is 1.05 bits per heavy atom. The monoisotopic (exact) mass is 843 g/mol. The molecule has 2 saturated carbocycles. The first-order valence-electron chi connectivity index (χ1n) is 14.7. The van der Waals surface area contributed by atoms with Crippen molar-refractivity contribution in [2.24, 2.45) is 22.7 Å². The van der Waals surface area contributed by atoms with Gasteiger partial charge in [-0.1, -0.05) is 20.8 Å². The first kappa shape index (κ1) is 36.7. The number of ether oxygens (including phenoxy) is 4. The number of hydrogen-bond acceptors (Lipinski definition) is 14. The van der Waals surface area contributed by atoms with E-state index in [4.69, 9.17) is 18.9 Å². The molecule has 2 aliphatic heterocycles. The van der Waals surface area contributed by atoms with Gasteiger partial charge in [-0.05, 0) is 30.9 Å². The molecule has 14 atom stereocenters. The molecule has 3 aliphatic carbocycles. The van der Waals surface area contributed by atoms with E-state index in [0.29, 0.717) is 5.57 Å². The van der Waals surface area contributed by atoms with Gasteiger partial charge in [0.25, 0.3) is 0 Å². The fourth-order valence-electron chi connectivity index (χ4n) is 8.70. The minimum absolute atomic E-state index is 0. The predicted octanol–water partition coefficient (Wildman–Crippen LogP) is -2.71. The second-order valence-corrected chi connectivity index (χ2v) is 13.7. The van der Waals surface area contributed by atoms with Crippen molar-refractivity contribution in [1.29, 1.82) is 0 Å². The molecule has 0 aromatic carbocycles. The molecule has 0 spiro atoms. The molecule has 247 valence electrons. The number of aliphatic hydroxyl groups is 8. The fourth-order valence-corrected chi connectivity index (χ4v) is 8.70. The van der Waals surface area contributed by atoms with Gasteiger partial charge in [0.15, 0.2) is 12.1 Å². The number of esters is 1.